The zero-order chi connectivity index (χ0) is 18.1. The number of hydrogen-bond acceptors (Lipinski definition) is 3. The molecule has 4 heteroatoms. The summed E-state index contributed by atoms with van der Waals surface area (Å²) in [7, 11) is 3.33. The summed E-state index contributed by atoms with van der Waals surface area (Å²) in [4.78, 5) is 12.2. The predicted molar refractivity (Wildman–Crippen MR) is 103 cm³/mol. The van der Waals surface area contributed by atoms with Gasteiger partial charge in [-0.15, -0.1) is 0 Å². The fourth-order valence-electron chi connectivity index (χ4n) is 3.30. The van der Waals surface area contributed by atoms with Crippen molar-refractivity contribution in [2.75, 3.05) is 7.11 Å². The van der Waals surface area contributed by atoms with Gasteiger partial charge in [0.15, 0.2) is 0 Å². The summed E-state index contributed by atoms with van der Waals surface area (Å²) in [6, 6.07) is 23.7. The largest absolute Gasteiger partial charge is 0.465 e. The van der Waals surface area contributed by atoms with Crippen LogP contribution in [-0.4, -0.2) is 22.9 Å². The molecule has 0 aliphatic rings. The lowest BCUT2D eigenvalue weighted by Crippen LogP contribution is -2.02. The second-order valence-electron chi connectivity index (χ2n) is 6.12. The summed E-state index contributed by atoms with van der Waals surface area (Å²) in [5.74, 6) is -0.355. The van der Waals surface area contributed by atoms with Crippen LogP contribution in [0.4, 0.5) is 0 Å². The van der Waals surface area contributed by atoms with Crippen LogP contribution in [0.1, 0.15) is 10.4 Å². The fourth-order valence-corrected chi connectivity index (χ4v) is 3.30. The van der Waals surface area contributed by atoms with Gasteiger partial charge in [-0.2, -0.15) is 5.10 Å². The molecule has 0 aliphatic carbocycles. The maximum Gasteiger partial charge on any atom is 0.337 e. The molecule has 0 aliphatic heterocycles. The number of aromatic nitrogens is 2. The van der Waals surface area contributed by atoms with Crippen LogP contribution < -0.4 is 0 Å². The summed E-state index contributed by atoms with van der Waals surface area (Å²) >= 11 is 0. The highest BCUT2D eigenvalue weighted by atomic mass is 16.5. The lowest BCUT2D eigenvalue weighted by Gasteiger charge is -2.09. The second-order valence-corrected chi connectivity index (χ2v) is 6.12. The number of nitrogens with zero attached hydrogens (tertiary/aromatic N) is 2. The van der Waals surface area contributed by atoms with Crippen LogP contribution in [0.15, 0.2) is 72.8 Å². The van der Waals surface area contributed by atoms with Gasteiger partial charge in [0.2, 0.25) is 0 Å². The molecular formula is C22H18N2O2. The van der Waals surface area contributed by atoms with Crippen LogP contribution >= 0.6 is 0 Å². The zero-order valence-electron chi connectivity index (χ0n) is 14.6. The Morgan fingerprint density at radius 3 is 2.15 bits per heavy atom. The summed E-state index contributed by atoms with van der Waals surface area (Å²) in [6.07, 6.45) is 0. The molecule has 0 bridgehead atoms. The van der Waals surface area contributed by atoms with E-state index in [-0.39, 0.29) is 5.97 Å². The summed E-state index contributed by atoms with van der Waals surface area (Å²) in [6.45, 7) is 0. The minimum atomic E-state index is -0.355. The molecule has 4 rings (SSSR count). The van der Waals surface area contributed by atoms with Gasteiger partial charge in [-0.1, -0.05) is 60.7 Å². The second kappa shape index (κ2) is 6.48. The Bertz CT molecular complexity index is 1080. The third kappa shape index (κ3) is 2.65. The molecular weight excluding hydrogens is 324 g/mol. The topological polar surface area (TPSA) is 44.1 Å². The van der Waals surface area contributed by atoms with Gasteiger partial charge in [-0.05, 0) is 17.7 Å². The maximum absolute atomic E-state index is 12.2. The van der Waals surface area contributed by atoms with Gasteiger partial charge in [0.1, 0.15) is 5.69 Å². The number of rotatable bonds is 3. The Kier molecular flexibility index (Phi) is 4.01. The Balaban J connectivity index is 2.08. The zero-order valence-corrected chi connectivity index (χ0v) is 14.6. The van der Waals surface area contributed by atoms with Gasteiger partial charge < -0.3 is 4.74 Å². The molecule has 0 atom stereocenters. The molecule has 0 amide bonds. The lowest BCUT2D eigenvalue weighted by molar-refractivity contribution is 0.0601. The van der Waals surface area contributed by atoms with Crippen LogP contribution in [0.3, 0.4) is 0 Å². The number of fused-ring (bicyclic) bond motifs is 1. The van der Waals surface area contributed by atoms with E-state index in [1.807, 2.05) is 84.5 Å². The predicted octanol–water partition coefficient (Wildman–Crippen LogP) is 4.69. The summed E-state index contributed by atoms with van der Waals surface area (Å²) in [5, 5.41) is 5.67. The maximum atomic E-state index is 12.2. The van der Waals surface area contributed by atoms with Gasteiger partial charge in [0.25, 0.3) is 0 Å². The Morgan fingerprint density at radius 2 is 1.54 bits per heavy atom. The van der Waals surface area contributed by atoms with Crippen molar-refractivity contribution in [3.8, 4) is 22.4 Å². The number of esters is 1. The fraction of sp³-hybridized carbons (Fsp3) is 0.0909. The summed E-state index contributed by atoms with van der Waals surface area (Å²) < 4.78 is 6.84. The third-order valence-electron chi connectivity index (χ3n) is 4.49. The van der Waals surface area contributed by atoms with Gasteiger partial charge >= 0.3 is 5.97 Å². The molecule has 26 heavy (non-hydrogen) atoms. The molecule has 0 radical (unpaired) electrons. The average molecular weight is 342 g/mol. The molecule has 1 aromatic heterocycles. The molecule has 0 fully saturated rings. The molecule has 128 valence electrons. The van der Waals surface area contributed by atoms with Crippen molar-refractivity contribution in [1.82, 2.24) is 9.78 Å². The molecule has 1 heterocycles. The van der Waals surface area contributed by atoms with Gasteiger partial charge in [0.05, 0.1) is 18.2 Å². The van der Waals surface area contributed by atoms with E-state index in [0.717, 1.165) is 33.3 Å². The number of carbonyl (C=O) groups excluding carboxylic acids is 1. The molecule has 0 saturated carbocycles. The van der Waals surface area contributed by atoms with E-state index in [9.17, 15) is 4.79 Å². The molecule has 0 unspecified atom stereocenters. The number of benzene rings is 3. The number of methoxy groups -OCH3 is 1. The number of carbonyl (C=O) groups is 1. The van der Waals surface area contributed by atoms with E-state index in [1.165, 1.54) is 7.11 Å². The van der Waals surface area contributed by atoms with Gasteiger partial charge in [0, 0.05) is 23.6 Å². The molecule has 4 aromatic rings. The van der Waals surface area contributed by atoms with Crippen LogP contribution in [0.2, 0.25) is 0 Å². The first kappa shape index (κ1) is 16.1. The van der Waals surface area contributed by atoms with Crippen LogP contribution in [0.25, 0.3) is 33.3 Å². The van der Waals surface area contributed by atoms with E-state index in [1.54, 1.807) is 0 Å². The first-order valence-electron chi connectivity index (χ1n) is 8.39. The van der Waals surface area contributed by atoms with Crippen molar-refractivity contribution < 1.29 is 9.53 Å². The average Bonchev–Trinajstić information content (AvgIpc) is 3.04. The Morgan fingerprint density at radius 1 is 0.923 bits per heavy atom. The lowest BCUT2D eigenvalue weighted by atomic mass is 9.97. The van der Waals surface area contributed by atoms with Crippen LogP contribution in [-0.2, 0) is 11.8 Å². The molecule has 0 spiro atoms. The van der Waals surface area contributed by atoms with Crippen LogP contribution in [0.5, 0.6) is 0 Å². The number of ether oxygens (including phenoxy) is 1. The van der Waals surface area contributed by atoms with Crippen molar-refractivity contribution in [2.45, 2.75) is 0 Å². The molecule has 0 saturated heterocycles. The van der Waals surface area contributed by atoms with Crippen molar-refractivity contribution in [3.63, 3.8) is 0 Å². The highest BCUT2D eigenvalue weighted by Crippen LogP contribution is 2.35. The molecule has 0 N–H and O–H groups in total. The Labute approximate surface area is 151 Å². The van der Waals surface area contributed by atoms with E-state index in [4.69, 9.17) is 9.84 Å². The smallest absolute Gasteiger partial charge is 0.337 e. The minimum Gasteiger partial charge on any atom is -0.465 e. The molecule has 4 nitrogen and oxygen atoms in total. The first-order valence-corrected chi connectivity index (χ1v) is 8.39. The van der Waals surface area contributed by atoms with Crippen molar-refractivity contribution in [1.29, 1.82) is 0 Å². The highest BCUT2D eigenvalue weighted by molar-refractivity contribution is 6.06. The van der Waals surface area contributed by atoms with E-state index in [0.29, 0.717) is 5.56 Å². The first-order chi connectivity index (χ1) is 12.7. The Hall–Kier alpha value is -3.40. The van der Waals surface area contributed by atoms with E-state index in [2.05, 4.69) is 0 Å². The normalized spacial score (nSPS) is 10.8. The standard InChI is InChI=1S/C22H18N2O2/c1-24-21-18(15-9-5-3-6-10-15)13-17(22(25)26-2)14-19(21)20(23-24)16-11-7-4-8-12-16/h3-14H,1-2H3. The van der Waals surface area contributed by atoms with Crippen molar-refractivity contribution in [2.24, 2.45) is 7.05 Å². The quantitative estimate of drug-likeness (QED) is 0.507. The number of hydrogen-bond donors (Lipinski definition) is 0. The molecule has 3 aromatic carbocycles. The highest BCUT2D eigenvalue weighted by Gasteiger charge is 2.19. The summed E-state index contributed by atoms with van der Waals surface area (Å²) in [5.41, 5.74) is 5.36. The SMILES string of the molecule is COC(=O)c1cc(-c2ccccc2)c2c(c1)c(-c1ccccc1)nn2C. The van der Waals surface area contributed by atoms with Crippen molar-refractivity contribution in [3.05, 3.63) is 78.4 Å². The van der Waals surface area contributed by atoms with Crippen molar-refractivity contribution >= 4 is 16.9 Å². The number of aryl methyl sites for hydroxylation is 1. The minimum absolute atomic E-state index is 0.355. The van der Waals surface area contributed by atoms with Gasteiger partial charge in [-0.3, -0.25) is 4.68 Å². The van der Waals surface area contributed by atoms with E-state index >= 15 is 0 Å². The monoisotopic (exact) mass is 342 g/mol. The van der Waals surface area contributed by atoms with Crippen LogP contribution in [0, 0.1) is 0 Å². The third-order valence-corrected chi connectivity index (χ3v) is 4.49. The van der Waals surface area contributed by atoms with Gasteiger partial charge in [-0.25, -0.2) is 4.79 Å². The van der Waals surface area contributed by atoms with E-state index < -0.39 is 0 Å².